The number of rotatable bonds is 2. The Bertz CT molecular complexity index is 1000. The van der Waals surface area contributed by atoms with Gasteiger partial charge < -0.3 is 0 Å². The molecule has 2 aromatic rings. The van der Waals surface area contributed by atoms with Crippen LogP contribution in [0.1, 0.15) is 38.1 Å². The third-order valence-corrected chi connectivity index (χ3v) is 8.51. The lowest BCUT2D eigenvalue weighted by Gasteiger charge is -2.09. The standard InChI is InChI=1S/2C10H14N2O2S/c2*1-2-8-6-9-10(4-3-5-11-9)15(13,14)12-7-8/h2*3-5,8,12H,2,6-7H2,1H3/t2*8-/m10/s1. The molecule has 2 aromatic heterocycles. The first kappa shape index (κ1) is 22.8. The molecule has 0 amide bonds. The molecule has 0 aliphatic carbocycles. The van der Waals surface area contributed by atoms with E-state index in [1.807, 2.05) is 0 Å². The van der Waals surface area contributed by atoms with Gasteiger partial charge in [0, 0.05) is 25.5 Å². The Morgan fingerprint density at radius 3 is 1.57 bits per heavy atom. The third kappa shape index (κ3) is 5.23. The van der Waals surface area contributed by atoms with Gasteiger partial charge in [-0.2, -0.15) is 0 Å². The Labute approximate surface area is 178 Å². The lowest BCUT2D eigenvalue weighted by atomic mass is 10.0. The highest BCUT2D eigenvalue weighted by atomic mass is 32.2. The highest BCUT2D eigenvalue weighted by molar-refractivity contribution is 7.89. The monoisotopic (exact) mass is 452 g/mol. The van der Waals surface area contributed by atoms with Gasteiger partial charge in [-0.15, -0.1) is 0 Å². The van der Waals surface area contributed by atoms with E-state index in [9.17, 15) is 16.8 Å². The smallest absolute Gasteiger partial charge is 0.242 e. The number of nitrogens with one attached hydrogen (secondary N) is 2. The highest BCUT2D eigenvalue weighted by Crippen LogP contribution is 2.22. The van der Waals surface area contributed by atoms with E-state index in [1.165, 1.54) is 0 Å². The molecule has 4 heterocycles. The maximum Gasteiger partial charge on any atom is 0.242 e. The van der Waals surface area contributed by atoms with Gasteiger partial charge in [-0.05, 0) is 48.9 Å². The second-order valence-electron chi connectivity index (χ2n) is 7.56. The van der Waals surface area contributed by atoms with Crippen LogP contribution in [0.3, 0.4) is 0 Å². The van der Waals surface area contributed by atoms with Crippen LogP contribution < -0.4 is 9.44 Å². The molecule has 2 aliphatic rings. The van der Waals surface area contributed by atoms with Crippen molar-refractivity contribution in [2.45, 2.75) is 49.3 Å². The van der Waals surface area contributed by atoms with E-state index in [1.54, 1.807) is 36.7 Å². The van der Waals surface area contributed by atoms with Crippen LogP contribution in [0.25, 0.3) is 0 Å². The van der Waals surface area contributed by atoms with Crippen molar-refractivity contribution in [3.05, 3.63) is 48.0 Å². The molecule has 0 radical (unpaired) electrons. The Kier molecular flexibility index (Phi) is 7.22. The van der Waals surface area contributed by atoms with Crippen molar-refractivity contribution in [1.29, 1.82) is 0 Å². The molecule has 2 N–H and O–H groups in total. The highest BCUT2D eigenvalue weighted by Gasteiger charge is 2.26. The minimum absolute atomic E-state index is 0.334. The first-order valence-electron chi connectivity index (χ1n) is 10.1. The second kappa shape index (κ2) is 9.51. The third-order valence-electron chi connectivity index (χ3n) is 5.52. The Morgan fingerprint density at radius 2 is 1.20 bits per heavy atom. The topological polar surface area (TPSA) is 118 Å². The molecule has 0 bridgehead atoms. The van der Waals surface area contributed by atoms with E-state index in [2.05, 4.69) is 33.3 Å². The fraction of sp³-hybridized carbons (Fsp3) is 0.500. The molecule has 0 unspecified atom stereocenters. The largest absolute Gasteiger partial charge is 0.260 e. The number of hydrogen-bond acceptors (Lipinski definition) is 6. The quantitative estimate of drug-likeness (QED) is 0.718. The van der Waals surface area contributed by atoms with Crippen LogP contribution in [0.2, 0.25) is 0 Å². The number of aromatic nitrogens is 2. The van der Waals surface area contributed by atoms with Crippen LogP contribution in [0, 0.1) is 11.8 Å². The fourth-order valence-electron chi connectivity index (χ4n) is 3.52. The predicted octanol–water partition coefficient (Wildman–Crippen LogP) is 1.88. The maximum absolute atomic E-state index is 11.8. The molecule has 0 saturated carbocycles. The van der Waals surface area contributed by atoms with E-state index in [-0.39, 0.29) is 0 Å². The van der Waals surface area contributed by atoms with Crippen LogP contribution >= 0.6 is 0 Å². The van der Waals surface area contributed by atoms with Crippen molar-refractivity contribution in [3.8, 4) is 0 Å². The van der Waals surface area contributed by atoms with Crippen LogP contribution in [-0.2, 0) is 32.9 Å². The summed E-state index contributed by atoms with van der Waals surface area (Å²) >= 11 is 0. The summed E-state index contributed by atoms with van der Waals surface area (Å²) < 4.78 is 52.4. The van der Waals surface area contributed by atoms with Crippen LogP contribution in [0.5, 0.6) is 0 Å². The minimum Gasteiger partial charge on any atom is -0.260 e. The van der Waals surface area contributed by atoms with Gasteiger partial charge in [0.1, 0.15) is 9.79 Å². The second-order valence-corrected chi connectivity index (χ2v) is 11.0. The molecule has 0 spiro atoms. The average Bonchev–Trinajstić information content (AvgIpc) is 2.96. The number of sulfonamides is 2. The summed E-state index contributed by atoms with van der Waals surface area (Å²) in [4.78, 5) is 8.98. The first-order valence-corrected chi connectivity index (χ1v) is 13.1. The number of nitrogens with zero attached hydrogens (tertiary/aromatic N) is 2. The van der Waals surface area contributed by atoms with Gasteiger partial charge in [0.2, 0.25) is 20.0 Å². The number of fused-ring (bicyclic) bond motifs is 2. The first-order chi connectivity index (χ1) is 14.3. The van der Waals surface area contributed by atoms with Gasteiger partial charge >= 0.3 is 0 Å². The number of hydrogen-bond donors (Lipinski definition) is 2. The van der Waals surface area contributed by atoms with Crippen molar-refractivity contribution in [2.24, 2.45) is 11.8 Å². The van der Waals surface area contributed by atoms with Gasteiger partial charge in [-0.3, -0.25) is 9.97 Å². The Morgan fingerprint density at radius 1 is 0.800 bits per heavy atom. The summed E-state index contributed by atoms with van der Waals surface area (Å²) in [6.45, 7) is 5.14. The van der Waals surface area contributed by atoms with Gasteiger partial charge in [0.25, 0.3) is 0 Å². The molecule has 0 fully saturated rings. The van der Waals surface area contributed by atoms with E-state index in [4.69, 9.17) is 0 Å². The van der Waals surface area contributed by atoms with Crippen molar-refractivity contribution < 1.29 is 16.8 Å². The van der Waals surface area contributed by atoms with Gasteiger partial charge in [-0.1, -0.05) is 26.7 Å². The van der Waals surface area contributed by atoms with Gasteiger partial charge in [0.05, 0.1) is 11.4 Å². The fourth-order valence-corrected chi connectivity index (χ4v) is 6.15. The van der Waals surface area contributed by atoms with E-state index in [0.29, 0.717) is 46.1 Å². The zero-order valence-electron chi connectivity index (χ0n) is 17.2. The zero-order chi connectivity index (χ0) is 21.8. The van der Waals surface area contributed by atoms with Gasteiger partial charge in [-0.25, -0.2) is 26.3 Å². The average molecular weight is 453 g/mol. The van der Waals surface area contributed by atoms with Crippen LogP contribution in [0.15, 0.2) is 46.5 Å². The molecule has 0 saturated heterocycles. The summed E-state index contributed by atoms with van der Waals surface area (Å²) in [7, 11) is -6.67. The summed E-state index contributed by atoms with van der Waals surface area (Å²) in [6.07, 6.45) is 6.67. The SMILES string of the molecule is CC[C@@H]1CNS(=O)(=O)c2cccnc2C1.CC[C@H]1CNS(=O)(=O)c2cccnc2C1. The molecule has 0 aromatic carbocycles. The number of pyridine rings is 2. The van der Waals surface area contributed by atoms with Gasteiger partial charge in [0.15, 0.2) is 0 Å². The van der Waals surface area contributed by atoms with Crippen molar-refractivity contribution in [2.75, 3.05) is 13.1 Å². The molecular weight excluding hydrogens is 424 g/mol. The minimum atomic E-state index is -3.33. The molecule has 164 valence electrons. The summed E-state index contributed by atoms with van der Waals surface area (Å²) in [6, 6.07) is 6.54. The predicted molar refractivity (Wildman–Crippen MR) is 114 cm³/mol. The molecule has 2 aliphatic heterocycles. The molecular formula is C20H28N4O4S2. The molecule has 2 atom stereocenters. The summed E-state index contributed by atoms with van der Waals surface area (Å²) in [5, 5.41) is 0. The molecule has 30 heavy (non-hydrogen) atoms. The molecule has 4 rings (SSSR count). The Balaban J connectivity index is 0.000000171. The van der Waals surface area contributed by atoms with Crippen molar-refractivity contribution >= 4 is 20.0 Å². The van der Waals surface area contributed by atoms with Crippen LogP contribution in [0.4, 0.5) is 0 Å². The van der Waals surface area contributed by atoms with Crippen LogP contribution in [-0.4, -0.2) is 39.9 Å². The summed E-state index contributed by atoms with van der Waals surface area (Å²) in [5.74, 6) is 0.687. The van der Waals surface area contributed by atoms with Crippen molar-refractivity contribution in [3.63, 3.8) is 0 Å². The molecule has 10 heteroatoms. The lowest BCUT2D eigenvalue weighted by Crippen LogP contribution is -2.26. The Hall–Kier alpha value is -1.88. The van der Waals surface area contributed by atoms with E-state index < -0.39 is 20.0 Å². The maximum atomic E-state index is 11.8. The van der Waals surface area contributed by atoms with Crippen molar-refractivity contribution in [1.82, 2.24) is 19.4 Å². The lowest BCUT2D eigenvalue weighted by molar-refractivity contribution is 0.494. The van der Waals surface area contributed by atoms with E-state index in [0.717, 1.165) is 25.7 Å². The van der Waals surface area contributed by atoms with E-state index >= 15 is 0 Å². The molecule has 8 nitrogen and oxygen atoms in total. The zero-order valence-corrected chi connectivity index (χ0v) is 18.8. The normalized spacial score (nSPS) is 24.2. The summed E-state index contributed by atoms with van der Waals surface area (Å²) in [5.41, 5.74) is 1.38.